The van der Waals surface area contributed by atoms with Crippen LogP contribution < -0.4 is 26.8 Å². The molecular weight excluding hydrogens is 346 g/mol. The molecule has 5 N–H and O–H groups in total. The van der Waals surface area contributed by atoms with Gasteiger partial charge in [0.25, 0.3) is 0 Å². The molecule has 3 atom stereocenters. The molecule has 0 aromatic rings. The average Bonchev–Trinajstić information content (AvgIpc) is 3.21. The van der Waals surface area contributed by atoms with E-state index >= 15 is 0 Å². The van der Waals surface area contributed by atoms with E-state index in [9.17, 15) is 19.2 Å². The predicted octanol–water partition coefficient (Wildman–Crippen LogP) is -0.862. The van der Waals surface area contributed by atoms with Crippen LogP contribution in [0, 0.1) is 0 Å². The lowest BCUT2D eigenvalue weighted by atomic mass is 10.0. The van der Waals surface area contributed by atoms with Gasteiger partial charge in [-0.05, 0) is 25.7 Å². The van der Waals surface area contributed by atoms with Crippen molar-refractivity contribution in [2.75, 3.05) is 5.75 Å². The van der Waals surface area contributed by atoms with Crippen LogP contribution in [0.3, 0.4) is 0 Å². The Balaban J connectivity index is 1.25. The Labute approximate surface area is 149 Å². The minimum Gasteiger partial charge on any atom is -0.345 e. The molecule has 0 radical (unpaired) electrons. The van der Waals surface area contributed by atoms with Gasteiger partial charge >= 0.3 is 17.8 Å². The maximum Gasteiger partial charge on any atom is 0.327 e. The fourth-order valence-corrected chi connectivity index (χ4v) is 4.54. The van der Waals surface area contributed by atoms with Crippen LogP contribution in [0.5, 0.6) is 0 Å². The maximum absolute atomic E-state index is 11.7. The molecule has 1 aliphatic carbocycles. The molecule has 0 aromatic carbocycles. The summed E-state index contributed by atoms with van der Waals surface area (Å²) in [6.07, 6.45) is 4.54. The molecule has 3 rings (SSSR count). The Morgan fingerprint density at radius 2 is 1.88 bits per heavy atom. The fraction of sp³-hybridized carbons (Fsp3) is 0.733. The van der Waals surface area contributed by atoms with Crippen molar-refractivity contribution in [1.82, 2.24) is 26.8 Å². The molecule has 3 fully saturated rings. The lowest BCUT2D eigenvalue weighted by Crippen LogP contribution is -2.48. The summed E-state index contributed by atoms with van der Waals surface area (Å²) in [6.45, 7) is 0. The Bertz CT molecular complexity index is 568. The molecule has 2 aliphatic heterocycles. The monoisotopic (exact) mass is 369 g/mol. The van der Waals surface area contributed by atoms with Gasteiger partial charge in [0, 0.05) is 23.5 Å². The number of hydrogen-bond acceptors (Lipinski definition) is 5. The first-order valence-corrected chi connectivity index (χ1v) is 9.66. The number of thioether (sulfide) groups is 1. The normalized spacial score (nSPS) is 27.0. The number of carbonyl (C=O) groups is 4. The predicted molar refractivity (Wildman–Crippen MR) is 91.4 cm³/mol. The summed E-state index contributed by atoms with van der Waals surface area (Å²) < 4.78 is 0. The van der Waals surface area contributed by atoms with Crippen LogP contribution in [-0.2, 0) is 14.4 Å². The highest BCUT2D eigenvalue weighted by atomic mass is 32.2. The largest absolute Gasteiger partial charge is 0.345 e. The Morgan fingerprint density at radius 3 is 2.64 bits per heavy atom. The van der Waals surface area contributed by atoms with Crippen molar-refractivity contribution in [3.8, 4) is 0 Å². The molecule has 10 heteroatoms. The zero-order chi connectivity index (χ0) is 17.8. The van der Waals surface area contributed by atoms with E-state index in [0.29, 0.717) is 11.7 Å². The molecule has 1 saturated carbocycles. The average molecular weight is 369 g/mol. The van der Waals surface area contributed by atoms with Crippen molar-refractivity contribution in [3.05, 3.63) is 0 Å². The van der Waals surface area contributed by atoms with Crippen LogP contribution in [0.2, 0.25) is 0 Å². The van der Waals surface area contributed by atoms with Gasteiger partial charge in [-0.1, -0.05) is 6.42 Å². The minimum atomic E-state index is -0.849. The number of nitrogens with one attached hydrogen (secondary N) is 5. The molecule has 9 nitrogen and oxygen atoms in total. The van der Waals surface area contributed by atoms with Crippen molar-refractivity contribution in [2.45, 2.75) is 61.9 Å². The van der Waals surface area contributed by atoms with Crippen molar-refractivity contribution in [3.63, 3.8) is 0 Å². The molecule has 0 spiro atoms. The highest BCUT2D eigenvalue weighted by Crippen LogP contribution is 2.33. The Hall–Kier alpha value is -1.97. The summed E-state index contributed by atoms with van der Waals surface area (Å²) in [7, 11) is 0. The van der Waals surface area contributed by atoms with Crippen molar-refractivity contribution >= 4 is 35.5 Å². The van der Waals surface area contributed by atoms with Crippen molar-refractivity contribution < 1.29 is 19.2 Å². The summed E-state index contributed by atoms with van der Waals surface area (Å²) in [5.41, 5.74) is 4.38. The fourth-order valence-electron chi connectivity index (χ4n) is 3.00. The maximum atomic E-state index is 11.7. The van der Waals surface area contributed by atoms with E-state index in [0.717, 1.165) is 31.4 Å². The lowest BCUT2D eigenvalue weighted by molar-refractivity contribution is -0.141. The second-order valence-corrected chi connectivity index (χ2v) is 7.89. The molecular formula is C15H23N5O4S. The highest BCUT2D eigenvalue weighted by molar-refractivity contribution is 8.00. The van der Waals surface area contributed by atoms with E-state index in [2.05, 4.69) is 26.8 Å². The van der Waals surface area contributed by atoms with Gasteiger partial charge in [0.1, 0.15) is 0 Å². The first kappa shape index (κ1) is 17.8. The second kappa shape index (κ2) is 7.94. The number of carbonyl (C=O) groups excluding carboxylic acids is 4. The summed E-state index contributed by atoms with van der Waals surface area (Å²) in [6, 6.07) is 0.390. The van der Waals surface area contributed by atoms with Gasteiger partial charge in [0.05, 0.1) is 12.1 Å². The number of unbranched alkanes of at least 4 members (excludes halogenated alkanes) is 1. The smallest absolute Gasteiger partial charge is 0.327 e. The number of hydrazine groups is 1. The van der Waals surface area contributed by atoms with E-state index in [-0.39, 0.29) is 36.5 Å². The van der Waals surface area contributed by atoms with E-state index in [1.165, 1.54) is 0 Å². The molecule has 0 bridgehead atoms. The standard InChI is InChI=1S/C15H23N5O4S/c21-11(19-20-14(23)13(22)16-8-5-6-8)4-2-1-3-10-12-9(7-25-10)17-15(24)18-12/h8-10,12H,1-7H2,(H,16,22)(H,19,21)(H,20,23)(H2,17,18,24)/t9-,10+,12+/m1/s1. The number of amides is 5. The Morgan fingerprint density at radius 1 is 1.08 bits per heavy atom. The number of fused-ring (bicyclic) bond motifs is 1. The van der Waals surface area contributed by atoms with Gasteiger partial charge in [-0.15, -0.1) is 0 Å². The van der Waals surface area contributed by atoms with Gasteiger partial charge in [-0.25, -0.2) is 4.79 Å². The van der Waals surface area contributed by atoms with Gasteiger partial charge in [0.2, 0.25) is 5.91 Å². The van der Waals surface area contributed by atoms with E-state index in [1.807, 2.05) is 11.8 Å². The Kier molecular flexibility index (Phi) is 5.67. The molecule has 2 heterocycles. The van der Waals surface area contributed by atoms with Crippen molar-refractivity contribution in [2.24, 2.45) is 0 Å². The van der Waals surface area contributed by atoms with Crippen LogP contribution in [0.4, 0.5) is 4.79 Å². The van der Waals surface area contributed by atoms with Crippen LogP contribution in [0.15, 0.2) is 0 Å². The SMILES string of the molecule is O=C(CCCC[C@@H]1SC[C@H]2NC(=O)N[C@H]12)NNC(=O)C(=O)NC1CC1. The molecule has 2 saturated heterocycles. The lowest BCUT2D eigenvalue weighted by Gasteiger charge is -2.16. The van der Waals surface area contributed by atoms with Gasteiger partial charge in [0.15, 0.2) is 0 Å². The van der Waals surface area contributed by atoms with Crippen molar-refractivity contribution in [1.29, 1.82) is 0 Å². The number of rotatable bonds is 6. The second-order valence-electron chi connectivity index (χ2n) is 6.62. The zero-order valence-electron chi connectivity index (χ0n) is 13.8. The van der Waals surface area contributed by atoms with Crippen LogP contribution in [0.1, 0.15) is 38.5 Å². The zero-order valence-corrected chi connectivity index (χ0v) is 14.6. The summed E-state index contributed by atoms with van der Waals surface area (Å²) in [5.74, 6) is -0.968. The van der Waals surface area contributed by atoms with Crippen LogP contribution in [-0.4, -0.2) is 52.9 Å². The highest BCUT2D eigenvalue weighted by Gasteiger charge is 2.42. The summed E-state index contributed by atoms with van der Waals surface area (Å²) in [5, 5.41) is 8.76. The summed E-state index contributed by atoms with van der Waals surface area (Å²) >= 11 is 1.84. The van der Waals surface area contributed by atoms with Crippen LogP contribution >= 0.6 is 11.8 Å². The third kappa shape index (κ3) is 5.00. The topological polar surface area (TPSA) is 128 Å². The van der Waals surface area contributed by atoms with E-state index in [4.69, 9.17) is 0 Å². The minimum absolute atomic E-state index is 0.0962. The van der Waals surface area contributed by atoms with Gasteiger partial charge in [-0.2, -0.15) is 11.8 Å². The molecule has 0 aromatic heterocycles. The summed E-state index contributed by atoms with van der Waals surface area (Å²) in [4.78, 5) is 45.9. The first-order chi connectivity index (χ1) is 12.0. The van der Waals surface area contributed by atoms with Gasteiger partial charge < -0.3 is 16.0 Å². The first-order valence-electron chi connectivity index (χ1n) is 8.61. The quantitative estimate of drug-likeness (QED) is 0.180. The number of hydrogen-bond donors (Lipinski definition) is 5. The number of urea groups is 1. The van der Waals surface area contributed by atoms with Crippen LogP contribution in [0.25, 0.3) is 0 Å². The molecule has 0 unspecified atom stereocenters. The molecule has 3 aliphatic rings. The van der Waals surface area contributed by atoms with Gasteiger partial charge in [-0.3, -0.25) is 25.2 Å². The third-order valence-electron chi connectivity index (χ3n) is 4.51. The molecule has 25 heavy (non-hydrogen) atoms. The van der Waals surface area contributed by atoms with E-state index in [1.54, 1.807) is 0 Å². The molecule has 138 valence electrons. The third-order valence-corrected chi connectivity index (χ3v) is 6.02. The van der Waals surface area contributed by atoms with E-state index < -0.39 is 11.8 Å². The molecule has 5 amide bonds.